The minimum Gasteiger partial charge on any atom is -0.383 e. The van der Waals surface area contributed by atoms with Gasteiger partial charge in [0.1, 0.15) is 0 Å². The lowest BCUT2D eigenvalue weighted by Gasteiger charge is -2.07. The van der Waals surface area contributed by atoms with E-state index in [0.29, 0.717) is 18.8 Å². The van der Waals surface area contributed by atoms with Crippen LogP contribution in [0.1, 0.15) is 5.56 Å². The highest BCUT2D eigenvalue weighted by Gasteiger charge is 2.02. The number of primary amides is 1. The first-order chi connectivity index (χ1) is 8.61. The molecule has 1 aromatic rings. The van der Waals surface area contributed by atoms with Gasteiger partial charge in [-0.1, -0.05) is 12.1 Å². The molecule has 0 saturated carbocycles. The Bertz CT molecular complexity index is 404. The molecule has 1 rings (SSSR count). The molecule has 0 aliphatic heterocycles. The highest BCUT2D eigenvalue weighted by Crippen LogP contribution is 2.09. The van der Waals surface area contributed by atoms with Crippen LogP contribution in [0, 0.1) is 0 Å². The Morgan fingerprint density at radius 1 is 1.28 bits per heavy atom. The molecule has 3 amide bonds. The van der Waals surface area contributed by atoms with E-state index in [1.165, 1.54) is 0 Å². The SMILES string of the molecule is COCCNC(=O)Nc1ccc(CC(N)=O)cc1. The standard InChI is InChI=1S/C12H17N3O3/c1-18-7-6-14-12(17)15-10-4-2-9(3-5-10)8-11(13)16/h2-5H,6-8H2,1H3,(H2,13,16)(H2,14,15,17). The predicted molar refractivity (Wildman–Crippen MR) is 68.2 cm³/mol. The Labute approximate surface area is 105 Å². The molecular weight excluding hydrogens is 234 g/mol. The molecule has 6 nitrogen and oxygen atoms in total. The van der Waals surface area contributed by atoms with Crippen LogP contribution in [-0.2, 0) is 16.0 Å². The maximum atomic E-state index is 11.4. The van der Waals surface area contributed by atoms with Crippen LogP contribution in [0.25, 0.3) is 0 Å². The molecule has 0 aliphatic rings. The Hall–Kier alpha value is -2.08. The predicted octanol–water partition coefficient (Wildman–Crippen LogP) is 0.482. The fraction of sp³-hybridized carbons (Fsp3) is 0.333. The third-order valence-corrected chi connectivity index (χ3v) is 2.18. The van der Waals surface area contributed by atoms with Crippen molar-refractivity contribution in [2.75, 3.05) is 25.6 Å². The summed E-state index contributed by atoms with van der Waals surface area (Å²) < 4.78 is 4.81. The fourth-order valence-corrected chi connectivity index (χ4v) is 1.35. The van der Waals surface area contributed by atoms with Crippen molar-refractivity contribution in [1.29, 1.82) is 0 Å². The molecule has 18 heavy (non-hydrogen) atoms. The second-order valence-electron chi connectivity index (χ2n) is 3.71. The summed E-state index contributed by atoms with van der Waals surface area (Å²) >= 11 is 0. The summed E-state index contributed by atoms with van der Waals surface area (Å²) in [5.74, 6) is -0.381. The Morgan fingerprint density at radius 3 is 2.50 bits per heavy atom. The Morgan fingerprint density at radius 2 is 1.94 bits per heavy atom. The highest BCUT2D eigenvalue weighted by atomic mass is 16.5. The van der Waals surface area contributed by atoms with Crippen LogP contribution in [-0.4, -0.2) is 32.2 Å². The van der Waals surface area contributed by atoms with Crippen LogP contribution in [0.5, 0.6) is 0 Å². The number of hydrogen-bond donors (Lipinski definition) is 3. The Balaban J connectivity index is 2.43. The lowest BCUT2D eigenvalue weighted by atomic mass is 10.1. The van der Waals surface area contributed by atoms with Crippen LogP contribution < -0.4 is 16.4 Å². The van der Waals surface area contributed by atoms with Gasteiger partial charge in [-0.3, -0.25) is 4.79 Å². The second kappa shape index (κ2) is 7.29. The lowest BCUT2D eigenvalue weighted by Crippen LogP contribution is -2.31. The number of amides is 3. The van der Waals surface area contributed by atoms with Crippen molar-refractivity contribution < 1.29 is 14.3 Å². The number of ether oxygens (including phenoxy) is 1. The molecule has 98 valence electrons. The number of urea groups is 1. The van der Waals surface area contributed by atoms with E-state index in [0.717, 1.165) is 5.56 Å². The van der Waals surface area contributed by atoms with Crippen molar-refractivity contribution in [3.63, 3.8) is 0 Å². The zero-order valence-corrected chi connectivity index (χ0v) is 10.2. The number of benzene rings is 1. The van der Waals surface area contributed by atoms with Crippen molar-refractivity contribution in [2.24, 2.45) is 5.73 Å². The molecule has 0 spiro atoms. The first-order valence-electron chi connectivity index (χ1n) is 5.53. The van der Waals surface area contributed by atoms with E-state index in [1.807, 2.05) is 0 Å². The minimum atomic E-state index is -0.381. The molecule has 0 aromatic heterocycles. The number of rotatable bonds is 6. The van der Waals surface area contributed by atoms with Gasteiger partial charge >= 0.3 is 6.03 Å². The van der Waals surface area contributed by atoms with Crippen molar-refractivity contribution in [3.05, 3.63) is 29.8 Å². The van der Waals surface area contributed by atoms with Gasteiger partial charge < -0.3 is 21.1 Å². The van der Waals surface area contributed by atoms with Crippen molar-refractivity contribution in [1.82, 2.24) is 5.32 Å². The smallest absolute Gasteiger partial charge is 0.319 e. The molecule has 0 fully saturated rings. The molecule has 6 heteroatoms. The van der Waals surface area contributed by atoms with Gasteiger partial charge in [0.2, 0.25) is 5.91 Å². The lowest BCUT2D eigenvalue weighted by molar-refractivity contribution is -0.117. The fourth-order valence-electron chi connectivity index (χ4n) is 1.35. The summed E-state index contributed by atoms with van der Waals surface area (Å²) in [6.07, 6.45) is 0.195. The van der Waals surface area contributed by atoms with Gasteiger partial charge in [-0.2, -0.15) is 0 Å². The average molecular weight is 251 g/mol. The normalized spacial score (nSPS) is 9.83. The van der Waals surface area contributed by atoms with E-state index in [2.05, 4.69) is 10.6 Å². The van der Waals surface area contributed by atoms with Crippen molar-refractivity contribution in [2.45, 2.75) is 6.42 Å². The monoisotopic (exact) mass is 251 g/mol. The summed E-state index contributed by atoms with van der Waals surface area (Å²) in [5, 5.41) is 5.29. The second-order valence-corrected chi connectivity index (χ2v) is 3.71. The molecular formula is C12H17N3O3. The quantitative estimate of drug-likeness (QED) is 0.642. The zero-order valence-electron chi connectivity index (χ0n) is 10.2. The van der Waals surface area contributed by atoms with E-state index >= 15 is 0 Å². The van der Waals surface area contributed by atoms with Crippen molar-refractivity contribution >= 4 is 17.6 Å². The molecule has 0 bridgehead atoms. The first kappa shape index (κ1) is 14.0. The average Bonchev–Trinajstić information content (AvgIpc) is 2.31. The van der Waals surface area contributed by atoms with Crippen molar-refractivity contribution in [3.8, 4) is 0 Å². The van der Waals surface area contributed by atoms with Crippen LogP contribution in [0.15, 0.2) is 24.3 Å². The number of nitrogens with one attached hydrogen (secondary N) is 2. The van der Waals surface area contributed by atoms with Crippen LogP contribution in [0.2, 0.25) is 0 Å². The van der Waals surface area contributed by atoms with Gasteiger partial charge in [0, 0.05) is 19.3 Å². The molecule has 0 heterocycles. The van der Waals surface area contributed by atoms with E-state index in [4.69, 9.17) is 10.5 Å². The third-order valence-electron chi connectivity index (χ3n) is 2.18. The number of nitrogens with two attached hydrogens (primary N) is 1. The van der Waals surface area contributed by atoms with Gasteiger partial charge in [-0.15, -0.1) is 0 Å². The van der Waals surface area contributed by atoms with Gasteiger partial charge in [0.15, 0.2) is 0 Å². The summed E-state index contributed by atoms with van der Waals surface area (Å²) in [4.78, 5) is 22.1. The number of hydrogen-bond acceptors (Lipinski definition) is 3. The number of methoxy groups -OCH3 is 1. The van der Waals surface area contributed by atoms with Gasteiger partial charge in [-0.05, 0) is 17.7 Å². The number of carbonyl (C=O) groups excluding carboxylic acids is 2. The van der Waals surface area contributed by atoms with E-state index in [9.17, 15) is 9.59 Å². The van der Waals surface area contributed by atoms with Crippen LogP contribution >= 0.6 is 0 Å². The maximum absolute atomic E-state index is 11.4. The minimum absolute atomic E-state index is 0.195. The van der Waals surface area contributed by atoms with Crippen LogP contribution in [0.3, 0.4) is 0 Å². The summed E-state index contributed by atoms with van der Waals surface area (Å²) in [6.45, 7) is 0.910. The molecule has 1 aromatic carbocycles. The maximum Gasteiger partial charge on any atom is 0.319 e. The third kappa shape index (κ3) is 5.31. The van der Waals surface area contributed by atoms with Crippen LogP contribution in [0.4, 0.5) is 10.5 Å². The molecule has 0 unspecified atom stereocenters. The summed E-state index contributed by atoms with van der Waals surface area (Å²) in [6, 6.07) is 6.63. The van der Waals surface area contributed by atoms with E-state index in [-0.39, 0.29) is 18.4 Å². The highest BCUT2D eigenvalue weighted by molar-refractivity contribution is 5.89. The molecule has 4 N–H and O–H groups in total. The van der Waals surface area contributed by atoms with Gasteiger partial charge in [-0.25, -0.2) is 4.79 Å². The molecule has 0 saturated heterocycles. The first-order valence-corrected chi connectivity index (χ1v) is 5.53. The van der Waals surface area contributed by atoms with Gasteiger partial charge in [0.25, 0.3) is 0 Å². The topological polar surface area (TPSA) is 93.4 Å². The molecule has 0 atom stereocenters. The molecule has 0 radical (unpaired) electrons. The largest absolute Gasteiger partial charge is 0.383 e. The number of carbonyl (C=O) groups is 2. The molecule has 0 aliphatic carbocycles. The Kier molecular flexibility index (Phi) is 5.66. The van der Waals surface area contributed by atoms with Gasteiger partial charge in [0.05, 0.1) is 13.0 Å². The van der Waals surface area contributed by atoms with E-state index in [1.54, 1.807) is 31.4 Å². The van der Waals surface area contributed by atoms with E-state index < -0.39 is 0 Å². The number of anilines is 1. The summed E-state index contributed by atoms with van der Waals surface area (Å²) in [7, 11) is 1.57. The summed E-state index contributed by atoms with van der Waals surface area (Å²) in [5.41, 5.74) is 6.54. The zero-order chi connectivity index (χ0) is 13.4.